The summed E-state index contributed by atoms with van der Waals surface area (Å²) < 4.78 is 0. The number of rotatable bonds is 5. The highest BCUT2D eigenvalue weighted by atomic mass is 15.2. The molecule has 9 heteroatoms. The van der Waals surface area contributed by atoms with Gasteiger partial charge in [0, 0.05) is 28.8 Å². The molecule has 1 aliphatic carbocycles. The van der Waals surface area contributed by atoms with E-state index in [-0.39, 0.29) is 0 Å². The van der Waals surface area contributed by atoms with Crippen LogP contribution < -0.4 is 16.4 Å². The molecule has 0 amide bonds. The minimum Gasteiger partial charge on any atom is -0.369 e. The Balaban J connectivity index is 1.34. The van der Waals surface area contributed by atoms with Crippen molar-refractivity contribution in [1.29, 1.82) is 0 Å². The summed E-state index contributed by atoms with van der Waals surface area (Å²) in [6.07, 6.45) is 3.73. The maximum atomic E-state index is 5.75. The number of imidazole rings is 1. The summed E-state index contributed by atoms with van der Waals surface area (Å²) in [4.78, 5) is 16.7. The lowest BCUT2D eigenvalue weighted by Crippen LogP contribution is -2.08. The van der Waals surface area contributed by atoms with E-state index in [4.69, 9.17) is 10.7 Å². The van der Waals surface area contributed by atoms with Crippen molar-refractivity contribution in [2.75, 3.05) is 16.4 Å². The van der Waals surface area contributed by atoms with Crippen molar-refractivity contribution < 1.29 is 0 Å². The van der Waals surface area contributed by atoms with Crippen LogP contribution in [0, 0.1) is 0 Å². The van der Waals surface area contributed by atoms with Gasteiger partial charge in [0.05, 0.1) is 16.6 Å². The van der Waals surface area contributed by atoms with Gasteiger partial charge in [-0.2, -0.15) is 10.1 Å². The predicted molar refractivity (Wildman–Crippen MR) is 122 cm³/mol. The first-order valence-electron chi connectivity index (χ1n) is 10.3. The van der Waals surface area contributed by atoms with Gasteiger partial charge in [-0.25, -0.2) is 9.97 Å². The van der Waals surface area contributed by atoms with Crippen molar-refractivity contribution in [3.8, 4) is 0 Å². The van der Waals surface area contributed by atoms with Crippen LogP contribution >= 0.6 is 0 Å². The number of fused-ring (bicyclic) bond motifs is 2. The van der Waals surface area contributed by atoms with Gasteiger partial charge in [0.1, 0.15) is 5.82 Å². The molecule has 6 rings (SSSR count). The number of anilines is 5. The van der Waals surface area contributed by atoms with E-state index in [1.54, 1.807) is 0 Å². The van der Waals surface area contributed by atoms with Gasteiger partial charge in [-0.15, -0.1) is 0 Å². The Morgan fingerprint density at radius 3 is 2.71 bits per heavy atom. The van der Waals surface area contributed by atoms with Crippen molar-refractivity contribution in [3.63, 3.8) is 0 Å². The van der Waals surface area contributed by atoms with Crippen molar-refractivity contribution in [3.05, 3.63) is 54.2 Å². The number of aromatic nitrogens is 6. The number of benzene rings is 2. The zero-order valence-corrected chi connectivity index (χ0v) is 16.7. The number of H-pyrrole nitrogens is 2. The van der Waals surface area contributed by atoms with Gasteiger partial charge in [-0.05, 0) is 43.2 Å². The van der Waals surface area contributed by atoms with Crippen LogP contribution in [0.1, 0.15) is 30.9 Å². The Labute approximate surface area is 177 Å². The van der Waals surface area contributed by atoms with Crippen LogP contribution in [0.4, 0.5) is 29.2 Å². The van der Waals surface area contributed by atoms with Gasteiger partial charge in [0.2, 0.25) is 5.95 Å². The Morgan fingerprint density at radius 1 is 0.935 bits per heavy atom. The van der Waals surface area contributed by atoms with E-state index in [9.17, 15) is 0 Å². The topological polar surface area (TPSA) is 133 Å². The van der Waals surface area contributed by atoms with Gasteiger partial charge in [-0.1, -0.05) is 18.6 Å². The smallest absolute Gasteiger partial charge is 0.229 e. The first kappa shape index (κ1) is 17.7. The molecule has 3 heterocycles. The average Bonchev–Trinajstić information content (AvgIpc) is 3.32. The predicted octanol–water partition coefficient (Wildman–Crippen LogP) is 4.57. The number of aromatic amines is 2. The molecule has 0 aliphatic heterocycles. The van der Waals surface area contributed by atoms with Crippen molar-refractivity contribution >= 4 is 51.2 Å². The third-order valence-electron chi connectivity index (χ3n) is 5.75. The Kier molecular flexibility index (Phi) is 3.98. The molecule has 0 spiro atoms. The largest absolute Gasteiger partial charge is 0.369 e. The first-order valence-corrected chi connectivity index (χ1v) is 10.3. The number of hydrogen-bond acceptors (Lipinski definition) is 7. The van der Waals surface area contributed by atoms with Gasteiger partial charge < -0.3 is 21.4 Å². The van der Waals surface area contributed by atoms with Gasteiger partial charge >= 0.3 is 0 Å². The maximum absolute atomic E-state index is 5.75. The van der Waals surface area contributed by atoms with Gasteiger partial charge in [0.15, 0.2) is 11.8 Å². The molecule has 9 nitrogen and oxygen atoms in total. The van der Waals surface area contributed by atoms with Gasteiger partial charge in [-0.3, -0.25) is 5.10 Å². The van der Waals surface area contributed by atoms with Crippen LogP contribution in [-0.2, 0) is 0 Å². The van der Waals surface area contributed by atoms with Crippen LogP contribution in [0.2, 0.25) is 0 Å². The molecule has 0 atom stereocenters. The Bertz CT molecular complexity index is 1400. The number of para-hydroxylation sites is 1. The van der Waals surface area contributed by atoms with Crippen LogP contribution in [0.3, 0.4) is 0 Å². The van der Waals surface area contributed by atoms with E-state index in [2.05, 4.69) is 41.8 Å². The molecule has 6 N–H and O–H groups in total. The van der Waals surface area contributed by atoms with E-state index in [1.165, 1.54) is 25.0 Å². The molecule has 0 unspecified atom stereocenters. The maximum Gasteiger partial charge on any atom is 0.229 e. The Hall–Kier alpha value is -4.14. The highest BCUT2D eigenvalue weighted by Crippen LogP contribution is 2.36. The monoisotopic (exact) mass is 411 g/mol. The molecule has 2 aromatic carbocycles. The number of nitrogens with two attached hydrogens (primary N) is 1. The molecule has 154 valence electrons. The molecule has 1 saturated carbocycles. The number of nitrogen functional groups attached to an aromatic ring is 1. The summed E-state index contributed by atoms with van der Waals surface area (Å²) >= 11 is 0. The molecule has 31 heavy (non-hydrogen) atoms. The minimum absolute atomic E-state index is 0.390. The zero-order chi connectivity index (χ0) is 20.8. The van der Waals surface area contributed by atoms with E-state index in [1.807, 2.05) is 42.5 Å². The molecule has 0 bridgehead atoms. The molecule has 0 radical (unpaired) electrons. The molecule has 1 fully saturated rings. The fraction of sp³-hybridized carbons (Fsp3) is 0.182. The number of nitrogens with one attached hydrogen (secondary N) is 4. The molecule has 1 aliphatic rings. The van der Waals surface area contributed by atoms with Crippen LogP contribution in [-0.4, -0.2) is 30.1 Å². The fourth-order valence-electron chi connectivity index (χ4n) is 3.91. The average molecular weight is 411 g/mol. The van der Waals surface area contributed by atoms with Crippen LogP contribution in [0.25, 0.3) is 21.9 Å². The second-order valence-corrected chi connectivity index (χ2v) is 7.85. The van der Waals surface area contributed by atoms with Crippen molar-refractivity contribution in [1.82, 2.24) is 30.1 Å². The molecule has 3 aromatic heterocycles. The van der Waals surface area contributed by atoms with Crippen LogP contribution in [0.5, 0.6) is 0 Å². The number of hydrogen-bond donors (Lipinski definition) is 5. The van der Waals surface area contributed by atoms with E-state index >= 15 is 0 Å². The van der Waals surface area contributed by atoms with E-state index in [0.29, 0.717) is 23.6 Å². The number of nitrogens with zero attached hydrogens (tertiary/aromatic N) is 4. The summed E-state index contributed by atoms with van der Waals surface area (Å²) in [5.41, 5.74) is 10.3. The third-order valence-corrected chi connectivity index (χ3v) is 5.75. The second-order valence-electron chi connectivity index (χ2n) is 7.85. The van der Waals surface area contributed by atoms with Crippen molar-refractivity contribution in [2.45, 2.75) is 25.2 Å². The summed E-state index contributed by atoms with van der Waals surface area (Å²) in [5, 5.41) is 15.2. The third kappa shape index (κ3) is 3.29. The molecular weight excluding hydrogens is 390 g/mol. The van der Waals surface area contributed by atoms with E-state index in [0.717, 1.165) is 33.4 Å². The highest BCUT2D eigenvalue weighted by molar-refractivity contribution is 5.92. The normalized spacial score (nSPS) is 14.1. The summed E-state index contributed by atoms with van der Waals surface area (Å²) in [7, 11) is 0. The van der Waals surface area contributed by atoms with Crippen molar-refractivity contribution in [2.24, 2.45) is 0 Å². The summed E-state index contributed by atoms with van der Waals surface area (Å²) in [6, 6.07) is 15.7. The van der Waals surface area contributed by atoms with E-state index < -0.39 is 0 Å². The molecular formula is C22H21N9. The standard InChI is InChI=1S/C22H21N9/c23-21-25-16-9-8-13(10-18(16)26-21)24-22-27-15-7-2-1-6-14(15)20(29-22)28-19-11-17(30-31-19)12-4-3-5-12/h1-2,6-12H,3-5H2,(H3,23,25,26)(H3,24,27,28,29,30,31). The first-order chi connectivity index (χ1) is 15.2. The lowest BCUT2D eigenvalue weighted by atomic mass is 9.83. The highest BCUT2D eigenvalue weighted by Gasteiger charge is 2.21. The second kappa shape index (κ2) is 6.98. The molecule has 0 saturated heterocycles. The zero-order valence-electron chi connectivity index (χ0n) is 16.7. The Morgan fingerprint density at radius 2 is 1.84 bits per heavy atom. The minimum atomic E-state index is 0.390. The van der Waals surface area contributed by atoms with Gasteiger partial charge in [0.25, 0.3) is 0 Å². The van der Waals surface area contributed by atoms with Crippen LogP contribution in [0.15, 0.2) is 48.5 Å². The molecule has 5 aromatic rings. The summed E-state index contributed by atoms with van der Waals surface area (Å²) in [5.74, 6) is 2.93. The SMILES string of the molecule is Nc1nc2ccc(Nc3nc(Nc4cc(C5CCC5)[nH]n4)c4ccccc4n3)cc2[nH]1. The fourth-order valence-corrected chi connectivity index (χ4v) is 3.91. The lowest BCUT2D eigenvalue weighted by molar-refractivity contribution is 0.410. The summed E-state index contributed by atoms with van der Waals surface area (Å²) in [6.45, 7) is 0. The quantitative estimate of drug-likeness (QED) is 0.286. The lowest BCUT2D eigenvalue weighted by Gasteiger charge is -2.23.